The molecule has 0 bridgehead atoms. The van der Waals surface area contributed by atoms with Crippen LogP contribution in [-0.4, -0.2) is 40.6 Å². The molecule has 166 valence electrons. The smallest absolute Gasteiger partial charge is 0.410 e. The Labute approximate surface area is 182 Å². The number of hydrogen-bond donors (Lipinski definition) is 1. The summed E-state index contributed by atoms with van der Waals surface area (Å²) in [6.45, 7) is 6.85. The largest absolute Gasteiger partial charge is 0.444 e. The molecule has 1 aromatic carbocycles. The Morgan fingerprint density at radius 3 is 2.32 bits per heavy atom. The van der Waals surface area contributed by atoms with Crippen molar-refractivity contribution in [3.8, 4) is 0 Å². The molecule has 0 radical (unpaired) electrons. The molecule has 1 atom stereocenters. The maximum atomic E-state index is 13.2. The molecule has 3 rings (SSSR count). The Kier molecular flexibility index (Phi) is 7.25. The highest BCUT2D eigenvalue weighted by Crippen LogP contribution is 2.29. The van der Waals surface area contributed by atoms with Crippen LogP contribution in [0, 0.1) is 11.7 Å². The number of benzene rings is 1. The van der Waals surface area contributed by atoms with Gasteiger partial charge in [-0.25, -0.2) is 9.18 Å². The van der Waals surface area contributed by atoms with Crippen molar-refractivity contribution in [2.24, 2.45) is 5.92 Å². The zero-order valence-electron chi connectivity index (χ0n) is 18.3. The highest BCUT2D eigenvalue weighted by Gasteiger charge is 2.29. The molecule has 1 aliphatic rings. The molecule has 0 spiro atoms. The fraction of sp³-hybridized carbons (Fsp3) is 0.458. The summed E-state index contributed by atoms with van der Waals surface area (Å²) in [5, 5.41) is 3.09. The number of ether oxygens (including phenoxy) is 1. The van der Waals surface area contributed by atoms with Gasteiger partial charge in [0.25, 0.3) is 5.91 Å². The number of carbonyl (C=O) groups is 2. The van der Waals surface area contributed by atoms with Gasteiger partial charge in [0.2, 0.25) is 0 Å². The third-order valence-corrected chi connectivity index (χ3v) is 5.36. The van der Waals surface area contributed by atoms with Gasteiger partial charge in [0.05, 0.1) is 6.04 Å². The lowest BCUT2D eigenvalue weighted by molar-refractivity contribution is 0.0178. The van der Waals surface area contributed by atoms with Crippen LogP contribution >= 0.6 is 0 Å². The minimum absolute atomic E-state index is 0.196. The van der Waals surface area contributed by atoms with Crippen LogP contribution in [0.5, 0.6) is 0 Å². The number of amides is 2. The molecule has 0 aliphatic carbocycles. The van der Waals surface area contributed by atoms with Crippen LogP contribution in [0.4, 0.5) is 9.18 Å². The number of rotatable bonds is 5. The van der Waals surface area contributed by atoms with E-state index in [-0.39, 0.29) is 23.9 Å². The molecule has 1 unspecified atom stereocenters. The van der Waals surface area contributed by atoms with Gasteiger partial charge in [-0.1, -0.05) is 0 Å². The number of pyridine rings is 1. The molecule has 7 heteroatoms. The second kappa shape index (κ2) is 9.90. The van der Waals surface area contributed by atoms with Crippen molar-refractivity contribution in [1.29, 1.82) is 0 Å². The number of piperidine rings is 1. The monoisotopic (exact) mass is 427 g/mol. The number of carbonyl (C=O) groups excluding carboxylic acids is 2. The van der Waals surface area contributed by atoms with E-state index < -0.39 is 5.60 Å². The van der Waals surface area contributed by atoms with Crippen LogP contribution in [0.1, 0.15) is 62.0 Å². The van der Waals surface area contributed by atoms with Crippen LogP contribution in [-0.2, 0) is 4.74 Å². The van der Waals surface area contributed by atoms with E-state index in [1.807, 2.05) is 32.9 Å². The van der Waals surface area contributed by atoms with Gasteiger partial charge in [-0.3, -0.25) is 9.78 Å². The maximum Gasteiger partial charge on any atom is 0.410 e. The zero-order valence-corrected chi connectivity index (χ0v) is 18.3. The van der Waals surface area contributed by atoms with E-state index in [0.717, 1.165) is 24.8 Å². The van der Waals surface area contributed by atoms with Gasteiger partial charge >= 0.3 is 6.09 Å². The Morgan fingerprint density at radius 1 is 1.13 bits per heavy atom. The van der Waals surface area contributed by atoms with Gasteiger partial charge in [-0.15, -0.1) is 0 Å². The van der Waals surface area contributed by atoms with E-state index in [1.54, 1.807) is 17.3 Å². The second-order valence-electron chi connectivity index (χ2n) is 8.96. The van der Waals surface area contributed by atoms with Crippen molar-refractivity contribution >= 4 is 12.0 Å². The molecular formula is C24H30FN3O3. The molecule has 1 aliphatic heterocycles. The number of likely N-dealkylation sites (tertiary alicyclic amines) is 1. The third kappa shape index (κ3) is 6.77. The summed E-state index contributed by atoms with van der Waals surface area (Å²) in [5.74, 6) is -0.266. The first-order chi connectivity index (χ1) is 14.7. The van der Waals surface area contributed by atoms with E-state index in [1.165, 1.54) is 24.3 Å². The first-order valence-corrected chi connectivity index (χ1v) is 10.7. The van der Waals surface area contributed by atoms with Gasteiger partial charge in [0.15, 0.2) is 0 Å². The summed E-state index contributed by atoms with van der Waals surface area (Å²) in [4.78, 5) is 30.9. The molecule has 1 N–H and O–H groups in total. The minimum atomic E-state index is -0.509. The Morgan fingerprint density at radius 2 is 1.74 bits per heavy atom. The fourth-order valence-electron chi connectivity index (χ4n) is 3.73. The standard InChI is InChI=1S/C24H30FN3O3/c1-24(2,3)31-23(30)28-14-10-17(11-15-28)16-21(18-8-12-26-13-9-18)27-22(29)19-4-6-20(25)7-5-19/h4-9,12-13,17,21H,10-11,14-16H2,1-3H3,(H,27,29). The number of aromatic nitrogens is 1. The van der Waals surface area contributed by atoms with Gasteiger partial charge < -0.3 is 15.0 Å². The lowest BCUT2D eigenvalue weighted by Gasteiger charge is -2.35. The molecule has 0 saturated carbocycles. The van der Waals surface area contributed by atoms with Crippen molar-refractivity contribution < 1.29 is 18.7 Å². The third-order valence-electron chi connectivity index (χ3n) is 5.36. The molecule has 2 aromatic rings. The van der Waals surface area contributed by atoms with Crippen LogP contribution in [0.2, 0.25) is 0 Å². The van der Waals surface area contributed by atoms with E-state index in [2.05, 4.69) is 10.3 Å². The second-order valence-corrected chi connectivity index (χ2v) is 8.96. The van der Waals surface area contributed by atoms with Crippen molar-refractivity contribution in [2.75, 3.05) is 13.1 Å². The molecule has 1 aromatic heterocycles. The SMILES string of the molecule is CC(C)(C)OC(=O)N1CCC(CC(NC(=O)c2ccc(F)cc2)c2ccncc2)CC1. The number of nitrogens with one attached hydrogen (secondary N) is 1. The summed E-state index contributed by atoms with van der Waals surface area (Å²) >= 11 is 0. The highest BCUT2D eigenvalue weighted by molar-refractivity contribution is 5.94. The molecular weight excluding hydrogens is 397 g/mol. The lowest BCUT2D eigenvalue weighted by atomic mass is 9.88. The van der Waals surface area contributed by atoms with Crippen LogP contribution in [0.15, 0.2) is 48.8 Å². The van der Waals surface area contributed by atoms with Crippen molar-refractivity contribution in [2.45, 2.75) is 51.7 Å². The summed E-state index contributed by atoms with van der Waals surface area (Å²) < 4.78 is 18.7. The summed E-state index contributed by atoms with van der Waals surface area (Å²) in [5.41, 5.74) is 0.880. The first kappa shape index (κ1) is 22.7. The fourth-order valence-corrected chi connectivity index (χ4v) is 3.73. The number of hydrogen-bond acceptors (Lipinski definition) is 4. The summed E-state index contributed by atoms with van der Waals surface area (Å²) in [7, 11) is 0. The first-order valence-electron chi connectivity index (χ1n) is 10.7. The topological polar surface area (TPSA) is 71.5 Å². The average molecular weight is 428 g/mol. The van der Waals surface area contributed by atoms with Gasteiger partial charge in [0, 0.05) is 31.0 Å². The molecule has 6 nitrogen and oxygen atoms in total. The zero-order chi connectivity index (χ0) is 22.4. The summed E-state index contributed by atoms with van der Waals surface area (Å²) in [6, 6.07) is 9.11. The van der Waals surface area contributed by atoms with Crippen LogP contribution in [0.3, 0.4) is 0 Å². The Bertz CT molecular complexity index is 873. The quantitative estimate of drug-likeness (QED) is 0.749. The van der Waals surface area contributed by atoms with Crippen LogP contribution < -0.4 is 5.32 Å². The normalized spacial score (nSPS) is 15.9. The van der Waals surface area contributed by atoms with E-state index in [4.69, 9.17) is 4.74 Å². The van der Waals surface area contributed by atoms with Gasteiger partial charge in [0.1, 0.15) is 11.4 Å². The van der Waals surface area contributed by atoms with E-state index >= 15 is 0 Å². The molecule has 2 amide bonds. The van der Waals surface area contributed by atoms with E-state index in [9.17, 15) is 14.0 Å². The van der Waals surface area contributed by atoms with Crippen molar-refractivity contribution in [1.82, 2.24) is 15.2 Å². The van der Waals surface area contributed by atoms with Crippen LogP contribution in [0.25, 0.3) is 0 Å². The predicted octanol–water partition coefficient (Wildman–Crippen LogP) is 4.73. The van der Waals surface area contributed by atoms with Crippen molar-refractivity contribution in [3.63, 3.8) is 0 Å². The lowest BCUT2D eigenvalue weighted by Crippen LogP contribution is -2.42. The highest BCUT2D eigenvalue weighted by atomic mass is 19.1. The molecule has 1 saturated heterocycles. The number of halogens is 1. The molecule has 2 heterocycles. The minimum Gasteiger partial charge on any atom is -0.444 e. The summed E-state index contributed by atoms with van der Waals surface area (Å²) in [6.07, 6.45) is 5.57. The van der Waals surface area contributed by atoms with Crippen molar-refractivity contribution in [3.05, 3.63) is 65.7 Å². The predicted molar refractivity (Wildman–Crippen MR) is 116 cm³/mol. The molecule has 31 heavy (non-hydrogen) atoms. The molecule has 1 fully saturated rings. The number of nitrogens with zero attached hydrogens (tertiary/aromatic N) is 2. The van der Waals surface area contributed by atoms with Gasteiger partial charge in [-0.05, 0) is 87.9 Å². The van der Waals surface area contributed by atoms with Gasteiger partial charge in [-0.2, -0.15) is 0 Å². The average Bonchev–Trinajstić information content (AvgIpc) is 2.73. The Balaban J connectivity index is 1.63. The van der Waals surface area contributed by atoms with E-state index in [0.29, 0.717) is 24.6 Å². The Hall–Kier alpha value is -2.96. The maximum absolute atomic E-state index is 13.2.